The molecule has 0 aromatic carbocycles. The Morgan fingerprint density at radius 1 is 1.50 bits per heavy atom. The third-order valence-electron chi connectivity index (χ3n) is 1.63. The molecule has 0 saturated carbocycles. The van der Waals surface area contributed by atoms with Crippen molar-refractivity contribution in [3.63, 3.8) is 0 Å². The molecule has 0 heterocycles. The molecular weight excluding hydrogens is 210 g/mol. The normalized spacial score (nSPS) is 11.7. The number of methoxy groups -OCH3 is 1. The SMILES string of the molecule is CCN(CC(=O)OC)S(=O)(=O)CCO. The summed E-state index contributed by atoms with van der Waals surface area (Å²) < 4.78 is 28.1. The Balaban J connectivity index is 4.48. The molecule has 0 saturated heterocycles. The highest BCUT2D eigenvalue weighted by molar-refractivity contribution is 7.89. The van der Waals surface area contributed by atoms with Gasteiger partial charge in [-0.15, -0.1) is 0 Å². The lowest BCUT2D eigenvalue weighted by atomic mass is 10.6. The van der Waals surface area contributed by atoms with Crippen LogP contribution in [0, 0.1) is 0 Å². The fraction of sp³-hybridized carbons (Fsp3) is 0.857. The van der Waals surface area contributed by atoms with Crippen LogP contribution in [0.15, 0.2) is 0 Å². The maximum absolute atomic E-state index is 11.4. The third-order valence-corrected chi connectivity index (χ3v) is 3.50. The number of hydrogen-bond donors (Lipinski definition) is 1. The molecule has 0 fully saturated rings. The highest BCUT2D eigenvalue weighted by Crippen LogP contribution is 2.00. The van der Waals surface area contributed by atoms with Crippen molar-refractivity contribution < 1.29 is 23.1 Å². The number of aliphatic hydroxyl groups is 1. The average molecular weight is 225 g/mol. The maximum atomic E-state index is 11.4. The van der Waals surface area contributed by atoms with Crippen molar-refractivity contribution in [2.75, 3.05) is 32.6 Å². The first-order chi connectivity index (χ1) is 6.47. The molecule has 0 radical (unpaired) electrons. The summed E-state index contributed by atoms with van der Waals surface area (Å²) in [6.45, 7) is 1.02. The molecule has 84 valence electrons. The molecule has 0 unspecified atom stereocenters. The summed E-state index contributed by atoms with van der Waals surface area (Å²) in [4.78, 5) is 10.8. The zero-order valence-electron chi connectivity index (χ0n) is 8.26. The summed E-state index contributed by atoms with van der Waals surface area (Å²) in [6.07, 6.45) is 0. The van der Waals surface area contributed by atoms with Gasteiger partial charge in [-0.25, -0.2) is 8.42 Å². The minimum absolute atomic E-state index is 0.178. The largest absolute Gasteiger partial charge is 0.468 e. The first-order valence-corrected chi connectivity index (χ1v) is 5.74. The number of rotatable bonds is 6. The topological polar surface area (TPSA) is 83.9 Å². The van der Waals surface area contributed by atoms with Gasteiger partial charge in [0.15, 0.2) is 0 Å². The molecule has 0 aliphatic heterocycles. The Morgan fingerprint density at radius 2 is 2.07 bits per heavy atom. The van der Waals surface area contributed by atoms with E-state index in [1.54, 1.807) is 6.92 Å². The van der Waals surface area contributed by atoms with Crippen molar-refractivity contribution in [2.24, 2.45) is 0 Å². The first-order valence-electron chi connectivity index (χ1n) is 4.13. The second-order valence-electron chi connectivity index (χ2n) is 2.54. The van der Waals surface area contributed by atoms with Gasteiger partial charge in [0.1, 0.15) is 6.54 Å². The van der Waals surface area contributed by atoms with Crippen LogP contribution in [0.3, 0.4) is 0 Å². The fourth-order valence-electron chi connectivity index (χ4n) is 0.860. The monoisotopic (exact) mass is 225 g/mol. The lowest BCUT2D eigenvalue weighted by Crippen LogP contribution is -2.38. The maximum Gasteiger partial charge on any atom is 0.321 e. The summed E-state index contributed by atoms with van der Waals surface area (Å²) in [5.74, 6) is -0.994. The zero-order chi connectivity index (χ0) is 11.2. The number of sulfonamides is 1. The van der Waals surface area contributed by atoms with E-state index >= 15 is 0 Å². The van der Waals surface area contributed by atoms with E-state index in [2.05, 4.69) is 4.74 Å². The Hall–Kier alpha value is -0.660. The van der Waals surface area contributed by atoms with Crippen LogP contribution in [0.2, 0.25) is 0 Å². The van der Waals surface area contributed by atoms with Crippen molar-refractivity contribution in [3.05, 3.63) is 0 Å². The number of likely N-dealkylation sites (N-methyl/N-ethyl adjacent to an activating group) is 1. The van der Waals surface area contributed by atoms with Gasteiger partial charge in [-0.1, -0.05) is 6.92 Å². The summed E-state index contributed by atoms with van der Waals surface area (Å²) in [7, 11) is -2.36. The van der Waals surface area contributed by atoms with Crippen molar-refractivity contribution in [3.8, 4) is 0 Å². The smallest absolute Gasteiger partial charge is 0.321 e. The molecule has 0 atom stereocenters. The Bertz CT molecular complexity index is 274. The number of nitrogens with zero attached hydrogens (tertiary/aromatic N) is 1. The van der Waals surface area contributed by atoms with E-state index in [1.165, 1.54) is 7.11 Å². The summed E-state index contributed by atoms with van der Waals surface area (Å²) in [5, 5.41) is 8.52. The van der Waals surface area contributed by atoms with E-state index in [4.69, 9.17) is 5.11 Å². The number of carbonyl (C=O) groups is 1. The number of hydrogen-bond acceptors (Lipinski definition) is 5. The minimum atomic E-state index is -3.55. The van der Waals surface area contributed by atoms with Crippen LogP contribution in [0.5, 0.6) is 0 Å². The van der Waals surface area contributed by atoms with Gasteiger partial charge in [0, 0.05) is 6.54 Å². The standard InChI is InChI=1S/C7H15NO5S/c1-3-8(6-7(10)13-2)14(11,12)5-4-9/h9H,3-6H2,1-2H3. The van der Waals surface area contributed by atoms with Gasteiger partial charge in [0.2, 0.25) is 10.0 Å². The third kappa shape index (κ3) is 4.03. The van der Waals surface area contributed by atoms with Crippen LogP contribution in [-0.4, -0.2) is 56.4 Å². The van der Waals surface area contributed by atoms with E-state index in [-0.39, 0.29) is 18.8 Å². The minimum Gasteiger partial charge on any atom is -0.468 e. The van der Waals surface area contributed by atoms with Crippen LogP contribution in [-0.2, 0) is 19.6 Å². The second kappa shape index (κ2) is 5.94. The second-order valence-corrected chi connectivity index (χ2v) is 4.63. The quantitative estimate of drug-likeness (QED) is 0.574. The predicted molar refractivity (Wildman–Crippen MR) is 50.1 cm³/mol. The van der Waals surface area contributed by atoms with E-state index in [9.17, 15) is 13.2 Å². The van der Waals surface area contributed by atoms with Gasteiger partial charge < -0.3 is 9.84 Å². The van der Waals surface area contributed by atoms with Gasteiger partial charge in [-0.05, 0) is 0 Å². The zero-order valence-corrected chi connectivity index (χ0v) is 9.08. The highest BCUT2D eigenvalue weighted by Gasteiger charge is 2.22. The molecule has 14 heavy (non-hydrogen) atoms. The molecular formula is C7H15NO5S. The lowest BCUT2D eigenvalue weighted by Gasteiger charge is -2.18. The molecule has 6 nitrogen and oxygen atoms in total. The first kappa shape index (κ1) is 13.3. The summed E-state index contributed by atoms with van der Waals surface area (Å²) >= 11 is 0. The molecule has 0 bridgehead atoms. The number of aliphatic hydroxyl groups excluding tert-OH is 1. The Labute approximate surface area is 83.5 Å². The van der Waals surface area contributed by atoms with Crippen LogP contribution < -0.4 is 0 Å². The van der Waals surface area contributed by atoms with Gasteiger partial charge in [-0.2, -0.15) is 4.31 Å². The molecule has 0 spiro atoms. The van der Waals surface area contributed by atoms with Crippen LogP contribution in [0.4, 0.5) is 0 Å². The Kier molecular flexibility index (Phi) is 5.66. The number of ether oxygens (including phenoxy) is 1. The molecule has 7 heteroatoms. The van der Waals surface area contributed by atoms with Crippen molar-refractivity contribution >= 4 is 16.0 Å². The van der Waals surface area contributed by atoms with Gasteiger partial charge in [-0.3, -0.25) is 4.79 Å². The predicted octanol–water partition coefficient (Wildman–Crippen LogP) is -1.20. The summed E-state index contributed by atoms with van der Waals surface area (Å²) in [5.41, 5.74) is 0. The van der Waals surface area contributed by atoms with Crippen LogP contribution in [0.25, 0.3) is 0 Å². The molecule has 0 aliphatic carbocycles. The van der Waals surface area contributed by atoms with Crippen molar-refractivity contribution in [1.82, 2.24) is 4.31 Å². The van der Waals surface area contributed by atoms with Crippen molar-refractivity contribution in [1.29, 1.82) is 0 Å². The lowest BCUT2D eigenvalue weighted by molar-refractivity contribution is -0.140. The van der Waals surface area contributed by atoms with E-state index in [0.29, 0.717) is 0 Å². The summed E-state index contributed by atoms with van der Waals surface area (Å²) in [6, 6.07) is 0. The van der Waals surface area contributed by atoms with Crippen LogP contribution >= 0.6 is 0 Å². The molecule has 0 aliphatic rings. The number of carbonyl (C=O) groups excluding carboxylic acids is 1. The van der Waals surface area contributed by atoms with Gasteiger partial charge in [0.25, 0.3) is 0 Å². The fourth-order valence-corrected chi connectivity index (χ4v) is 2.04. The van der Waals surface area contributed by atoms with E-state index < -0.39 is 22.6 Å². The van der Waals surface area contributed by atoms with Crippen LogP contribution in [0.1, 0.15) is 6.92 Å². The molecule has 0 rings (SSSR count). The highest BCUT2D eigenvalue weighted by atomic mass is 32.2. The number of esters is 1. The molecule has 0 aromatic heterocycles. The molecule has 0 amide bonds. The molecule has 1 N–H and O–H groups in total. The average Bonchev–Trinajstić information content (AvgIpc) is 2.13. The van der Waals surface area contributed by atoms with Gasteiger partial charge >= 0.3 is 5.97 Å². The van der Waals surface area contributed by atoms with E-state index in [1.807, 2.05) is 0 Å². The molecule has 0 aromatic rings. The van der Waals surface area contributed by atoms with E-state index in [0.717, 1.165) is 4.31 Å². The Morgan fingerprint density at radius 3 is 2.43 bits per heavy atom. The van der Waals surface area contributed by atoms with Crippen molar-refractivity contribution in [2.45, 2.75) is 6.92 Å². The van der Waals surface area contributed by atoms with Gasteiger partial charge in [0.05, 0.1) is 19.5 Å².